The second-order valence-electron chi connectivity index (χ2n) is 8.60. The van der Waals surface area contributed by atoms with Gasteiger partial charge in [-0.05, 0) is 67.5 Å². The van der Waals surface area contributed by atoms with Gasteiger partial charge in [0.2, 0.25) is 10.0 Å². The van der Waals surface area contributed by atoms with Crippen molar-refractivity contribution in [1.29, 1.82) is 0 Å². The Morgan fingerprint density at radius 2 is 1.87 bits per heavy atom. The minimum Gasteiger partial charge on any atom is -0.363 e. The average molecular weight is 445 g/mol. The van der Waals surface area contributed by atoms with Crippen molar-refractivity contribution in [2.45, 2.75) is 45.1 Å². The number of sulfonamides is 1. The van der Waals surface area contributed by atoms with E-state index in [0.29, 0.717) is 36.7 Å². The number of aryl methyl sites for hydroxylation is 1. The van der Waals surface area contributed by atoms with Gasteiger partial charge in [-0.2, -0.15) is 4.31 Å². The number of rotatable bonds is 6. The summed E-state index contributed by atoms with van der Waals surface area (Å²) in [6, 6.07) is 7.06. The zero-order chi connectivity index (χ0) is 22.8. The highest BCUT2D eigenvalue weighted by Gasteiger charge is 2.30. The number of nitrogens with one attached hydrogen (secondary N) is 1. The summed E-state index contributed by atoms with van der Waals surface area (Å²) in [5, 5.41) is 2.87. The molecule has 1 fully saturated rings. The Kier molecular flexibility index (Phi) is 7.01. The molecule has 1 amide bonds. The van der Waals surface area contributed by atoms with E-state index < -0.39 is 10.0 Å². The molecule has 8 heteroatoms. The number of aromatic nitrogens is 1. The van der Waals surface area contributed by atoms with Gasteiger partial charge in [0, 0.05) is 45.5 Å². The average Bonchev–Trinajstić information content (AvgIpc) is 2.74. The first-order chi connectivity index (χ1) is 14.6. The molecular formula is C23H32N4O3S. The Morgan fingerprint density at radius 1 is 1.19 bits per heavy atom. The van der Waals surface area contributed by atoms with Gasteiger partial charge in [0.15, 0.2) is 0 Å². The minimum absolute atomic E-state index is 0.226. The molecule has 31 heavy (non-hydrogen) atoms. The molecule has 1 aromatic carbocycles. The Labute approximate surface area is 185 Å². The summed E-state index contributed by atoms with van der Waals surface area (Å²) in [6.07, 6.45) is 3.44. The summed E-state index contributed by atoms with van der Waals surface area (Å²) >= 11 is 0. The Morgan fingerprint density at radius 3 is 2.45 bits per heavy atom. The number of anilines is 1. The van der Waals surface area contributed by atoms with Crippen LogP contribution in [-0.2, 0) is 16.6 Å². The summed E-state index contributed by atoms with van der Waals surface area (Å²) in [5.74, 6) is 1.07. The summed E-state index contributed by atoms with van der Waals surface area (Å²) in [7, 11) is 0.197. The summed E-state index contributed by atoms with van der Waals surface area (Å²) in [5.41, 5.74) is 2.70. The largest absolute Gasteiger partial charge is 0.363 e. The van der Waals surface area contributed by atoms with E-state index in [9.17, 15) is 13.2 Å². The molecule has 0 atom stereocenters. The maximum absolute atomic E-state index is 13.3. The Bertz CT molecular complexity index is 1040. The summed E-state index contributed by atoms with van der Waals surface area (Å²) < 4.78 is 28.1. The molecule has 1 aliphatic rings. The Balaban J connectivity index is 1.79. The van der Waals surface area contributed by atoms with Crippen molar-refractivity contribution in [3.8, 4) is 0 Å². The first-order valence-electron chi connectivity index (χ1n) is 10.6. The van der Waals surface area contributed by atoms with Gasteiger partial charge in [-0.25, -0.2) is 13.4 Å². The third-order valence-electron chi connectivity index (χ3n) is 5.96. The van der Waals surface area contributed by atoms with Crippen LogP contribution in [0.4, 0.5) is 5.82 Å². The van der Waals surface area contributed by atoms with Gasteiger partial charge in [0.05, 0.1) is 4.90 Å². The molecule has 2 aromatic rings. The fourth-order valence-corrected chi connectivity index (χ4v) is 5.45. The number of carbonyl (C=O) groups is 1. The number of benzene rings is 1. The van der Waals surface area contributed by atoms with Crippen molar-refractivity contribution in [1.82, 2.24) is 14.6 Å². The van der Waals surface area contributed by atoms with E-state index in [4.69, 9.17) is 0 Å². The lowest BCUT2D eigenvalue weighted by Crippen LogP contribution is -2.38. The van der Waals surface area contributed by atoms with Gasteiger partial charge >= 0.3 is 0 Å². The highest BCUT2D eigenvalue weighted by atomic mass is 32.2. The predicted octanol–water partition coefficient (Wildman–Crippen LogP) is 3.12. The van der Waals surface area contributed by atoms with Gasteiger partial charge < -0.3 is 10.2 Å². The minimum atomic E-state index is -3.64. The van der Waals surface area contributed by atoms with E-state index in [-0.39, 0.29) is 10.8 Å². The molecule has 0 saturated carbocycles. The van der Waals surface area contributed by atoms with Gasteiger partial charge in [0.25, 0.3) is 5.91 Å². The lowest BCUT2D eigenvalue weighted by molar-refractivity contribution is 0.0950. The van der Waals surface area contributed by atoms with Crippen LogP contribution >= 0.6 is 0 Å². The molecule has 1 aliphatic heterocycles. The van der Waals surface area contributed by atoms with Crippen LogP contribution in [0.25, 0.3) is 0 Å². The molecule has 1 N–H and O–H groups in total. The topological polar surface area (TPSA) is 82.6 Å². The third kappa shape index (κ3) is 5.25. The van der Waals surface area contributed by atoms with Crippen LogP contribution < -0.4 is 10.2 Å². The van der Waals surface area contributed by atoms with E-state index in [1.54, 1.807) is 23.5 Å². The van der Waals surface area contributed by atoms with Crippen molar-refractivity contribution >= 4 is 21.7 Å². The zero-order valence-electron chi connectivity index (χ0n) is 19.0. The number of amides is 1. The SMILES string of the molecule is Cc1cc(C(=O)NCc2ccc(N(C)C)nc2)cc(S(=O)(=O)N2CCC(C)CC2)c1C. The van der Waals surface area contributed by atoms with E-state index in [2.05, 4.69) is 17.2 Å². The molecule has 3 rings (SSSR count). The molecular weight excluding hydrogens is 412 g/mol. The van der Waals surface area contributed by atoms with Crippen molar-refractivity contribution in [3.63, 3.8) is 0 Å². The number of hydrogen-bond acceptors (Lipinski definition) is 5. The van der Waals surface area contributed by atoms with Crippen LogP contribution in [0, 0.1) is 19.8 Å². The van der Waals surface area contributed by atoms with Crippen molar-refractivity contribution < 1.29 is 13.2 Å². The van der Waals surface area contributed by atoms with Crippen molar-refractivity contribution in [2.75, 3.05) is 32.1 Å². The predicted molar refractivity (Wildman–Crippen MR) is 123 cm³/mol. The molecule has 0 bridgehead atoms. The first kappa shape index (κ1) is 23.2. The zero-order valence-corrected chi connectivity index (χ0v) is 19.8. The fourth-order valence-electron chi connectivity index (χ4n) is 3.66. The third-order valence-corrected chi connectivity index (χ3v) is 7.99. The number of piperidine rings is 1. The standard InChI is InChI=1S/C23H32N4O3S/c1-16-8-10-27(11-9-16)31(29,30)21-13-20(12-17(2)18(21)3)23(28)25-15-19-6-7-22(24-14-19)26(4)5/h6-7,12-14,16H,8-11,15H2,1-5H3,(H,25,28). The molecule has 7 nitrogen and oxygen atoms in total. The van der Waals surface area contributed by atoms with Gasteiger partial charge in [-0.3, -0.25) is 4.79 Å². The smallest absolute Gasteiger partial charge is 0.251 e. The van der Waals surface area contributed by atoms with E-state index in [1.165, 1.54) is 6.07 Å². The molecule has 0 radical (unpaired) electrons. The molecule has 0 spiro atoms. The highest BCUT2D eigenvalue weighted by molar-refractivity contribution is 7.89. The number of pyridine rings is 1. The van der Waals surface area contributed by atoms with Crippen LogP contribution in [0.2, 0.25) is 0 Å². The first-order valence-corrected chi connectivity index (χ1v) is 12.1. The number of carbonyl (C=O) groups excluding carboxylic acids is 1. The fraction of sp³-hybridized carbons (Fsp3) is 0.478. The quantitative estimate of drug-likeness (QED) is 0.740. The van der Waals surface area contributed by atoms with Crippen LogP contribution in [0.5, 0.6) is 0 Å². The Hall–Kier alpha value is -2.45. The van der Waals surface area contributed by atoms with Gasteiger partial charge in [-0.1, -0.05) is 13.0 Å². The highest BCUT2D eigenvalue weighted by Crippen LogP contribution is 2.28. The maximum atomic E-state index is 13.3. The second kappa shape index (κ2) is 9.36. The van der Waals surface area contributed by atoms with Crippen LogP contribution in [-0.4, -0.2) is 50.8 Å². The molecule has 0 aliphatic carbocycles. The van der Waals surface area contributed by atoms with Crippen LogP contribution in [0.1, 0.15) is 46.8 Å². The van der Waals surface area contributed by atoms with Crippen molar-refractivity contribution in [2.24, 2.45) is 5.92 Å². The molecule has 2 heterocycles. The van der Waals surface area contributed by atoms with E-state index in [1.807, 2.05) is 38.1 Å². The second-order valence-corrected chi connectivity index (χ2v) is 10.5. The normalized spacial score (nSPS) is 15.6. The van der Waals surface area contributed by atoms with Crippen LogP contribution in [0.15, 0.2) is 35.4 Å². The lowest BCUT2D eigenvalue weighted by Gasteiger charge is -2.30. The number of nitrogens with zero attached hydrogens (tertiary/aromatic N) is 3. The molecule has 1 aromatic heterocycles. The molecule has 1 saturated heterocycles. The van der Waals surface area contributed by atoms with Crippen LogP contribution in [0.3, 0.4) is 0 Å². The lowest BCUT2D eigenvalue weighted by atomic mass is 10.0. The van der Waals surface area contributed by atoms with E-state index >= 15 is 0 Å². The van der Waals surface area contributed by atoms with Crippen molar-refractivity contribution in [3.05, 3.63) is 52.7 Å². The van der Waals surface area contributed by atoms with Gasteiger partial charge in [0.1, 0.15) is 5.82 Å². The maximum Gasteiger partial charge on any atom is 0.251 e. The molecule has 0 unspecified atom stereocenters. The summed E-state index contributed by atoms with van der Waals surface area (Å²) in [6.45, 7) is 7.15. The van der Waals surface area contributed by atoms with Gasteiger partial charge in [-0.15, -0.1) is 0 Å². The summed E-state index contributed by atoms with van der Waals surface area (Å²) in [4.78, 5) is 19.3. The number of hydrogen-bond donors (Lipinski definition) is 1. The molecule has 168 valence electrons. The van der Waals surface area contributed by atoms with E-state index in [0.717, 1.165) is 29.8 Å². The monoisotopic (exact) mass is 444 g/mol.